The summed E-state index contributed by atoms with van der Waals surface area (Å²) in [6, 6.07) is 0. The van der Waals surface area contributed by atoms with Crippen LogP contribution in [0.15, 0.2) is 6.20 Å². The zero-order chi connectivity index (χ0) is 11.3. The van der Waals surface area contributed by atoms with E-state index in [1.165, 1.54) is 4.68 Å². The Labute approximate surface area is 83.9 Å². The maximum Gasteiger partial charge on any atom is 0.282 e. The first kappa shape index (κ1) is 13.1. The number of nitrogens with zero attached hydrogens (tertiary/aromatic N) is 2. The molecular formula is C10H18F2N2. The van der Waals surface area contributed by atoms with Gasteiger partial charge in [-0.2, -0.15) is 5.10 Å². The summed E-state index contributed by atoms with van der Waals surface area (Å²) in [4.78, 5) is 0. The van der Waals surface area contributed by atoms with Crippen LogP contribution in [0.4, 0.5) is 8.78 Å². The molecule has 0 unspecified atom stereocenters. The van der Waals surface area contributed by atoms with Gasteiger partial charge in [0.2, 0.25) is 0 Å². The Balaban J connectivity index is 0.000000791. The maximum absolute atomic E-state index is 12.3. The first-order valence-electron chi connectivity index (χ1n) is 4.84. The SMILES string of the molecule is CC.CC(C)c1cn(C)nc1C(F)F. The van der Waals surface area contributed by atoms with Crippen molar-refractivity contribution in [2.24, 2.45) is 7.05 Å². The van der Waals surface area contributed by atoms with Gasteiger partial charge in [0.1, 0.15) is 5.69 Å². The highest BCUT2D eigenvalue weighted by molar-refractivity contribution is 5.21. The summed E-state index contributed by atoms with van der Waals surface area (Å²) in [6.07, 6.45) is -0.824. The molecule has 0 aliphatic heterocycles. The highest BCUT2D eigenvalue weighted by Crippen LogP contribution is 2.26. The lowest BCUT2D eigenvalue weighted by atomic mass is 10.0. The van der Waals surface area contributed by atoms with Gasteiger partial charge in [-0.25, -0.2) is 8.78 Å². The van der Waals surface area contributed by atoms with Crippen molar-refractivity contribution < 1.29 is 8.78 Å². The van der Waals surface area contributed by atoms with Crippen molar-refractivity contribution in [3.05, 3.63) is 17.5 Å². The van der Waals surface area contributed by atoms with E-state index in [4.69, 9.17) is 0 Å². The average Bonchev–Trinajstić information content (AvgIpc) is 2.51. The molecule has 0 bridgehead atoms. The molecule has 0 radical (unpaired) electrons. The molecule has 14 heavy (non-hydrogen) atoms. The third kappa shape index (κ3) is 3.09. The van der Waals surface area contributed by atoms with Crippen LogP contribution in [0.25, 0.3) is 0 Å². The maximum atomic E-state index is 12.3. The van der Waals surface area contributed by atoms with Crippen molar-refractivity contribution in [3.63, 3.8) is 0 Å². The number of aromatic nitrogens is 2. The van der Waals surface area contributed by atoms with Crippen LogP contribution in [0.2, 0.25) is 0 Å². The lowest BCUT2D eigenvalue weighted by molar-refractivity contribution is 0.144. The standard InChI is InChI=1S/C8H12F2N2.C2H6/c1-5(2)6-4-12(3)11-7(6)8(9)10;1-2/h4-5,8H,1-3H3;1-2H3. The minimum Gasteiger partial charge on any atom is -0.275 e. The largest absolute Gasteiger partial charge is 0.282 e. The van der Waals surface area contributed by atoms with Crippen LogP contribution in [0.3, 0.4) is 0 Å². The minimum atomic E-state index is -2.47. The fourth-order valence-corrected chi connectivity index (χ4v) is 1.14. The zero-order valence-electron chi connectivity index (χ0n) is 9.38. The van der Waals surface area contributed by atoms with E-state index in [-0.39, 0.29) is 11.6 Å². The van der Waals surface area contributed by atoms with Gasteiger partial charge in [-0.05, 0) is 5.92 Å². The summed E-state index contributed by atoms with van der Waals surface area (Å²) in [5.74, 6) is 0.0997. The number of hydrogen-bond acceptors (Lipinski definition) is 1. The second kappa shape index (κ2) is 5.73. The lowest BCUT2D eigenvalue weighted by Gasteiger charge is -2.02. The van der Waals surface area contributed by atoms with Crippen LogP contribution >= 0.6 is 0 Å². The molecule has 1 heterocycles. The van der Waals surface area contributed by atoms with Gasteiger partial charge >= 0.3 is 0 Å². The molecule has 1 aromatic rings. The molecule has 0 atom stereocenters. The Hall–Kier alpha value is -0.930. The van der Waals surface area contributed by atoms with E-state index < -0.39 is 6.43 Å². The van der Waals surface area contributed by atoms with E-state index in [1.54, 1.807) is 13.2 Å². The average molecular weight is 204 g/mol. The molecule has 0 aromatic carbocycles. The third-order valence-corrected chi connectivity index (χ3v) is 1.72. The molecule has 0 fully saturated rings. The van der Waals surface area contributed by atoms with E-state index in [0.717, 1.165) is 0 Å². The van der Waals surface area contributed by atoms with Gasteiger partial charge in [-0.3, -0.25) is 4.68 Å². The molecule has 0 amide bonds. The summed E-state index contributed by atoms with van der Waals surface area (Å²) in [5, 5.41) is 3.70. The number of hydrogen-bond donors (Lipinski definition) is 0. The fraction of sp³-hybridized carbons (Fsp3) is 0.700. The minimum absolute atomic E-state index is 0.0903. The van der Waals surface area contributed by atoms with Crippen LogP contribution < -0.4 is 0 Å². The van der Waals surface area contributed by atoms with Gasteiger partial charge in [-0.15, -0.1) is 0 Å². The van der Waals surface area contributed by atoms with E-state index in [1.807, 2.05) is 27.7 Å². The van der Waals surface area contributed by atoms with Crippen molar-refractivity contribution in [1.29, 1.82) is 0 Å². The second-order valence-corrected chi connectivity index (χ2v) is 3.10. The van der Waals surface area contributed by atoms with Crippen molar-refractivity contribution in [3.8, 4) is 0 Å². The Morgan fingerprint density at radius 2 is 1.79 bits per heavy atom. The van der Waals surface area contributed by atoms with Crippen molar-refractivity contribution >= 4 is 0 Å². The predicted molar refractivity (Wildman–Crippen MR) is 53.6 cm³/mol. The van der Waals surface area contributed by atoms with Crippen LogP contribution in [-0.2, 0) is 7.05 Å². The zero-order valence-corrected chi connectivity index (χ0v) is 9.38. The molecular weight excluding hydrogens is 186 g/mol. The molecule has 0 aliphatic rings. The highest BCUT2D eigenvalue weighted by Gasteiger charge is 2.18. The Kier molecular flexibility index (Phi) is 5.35. The number of aryl methyl sites for hydroxylation is 1. The topological polar surface area (TPSA) is 17.8 Å². The first-order chi connectivity index (χ1) is 6.52. The van der Waals surface area contributed by atoms with E-state index in [0.29, 0.717) is 5.56 Å². The van der Waals surface area contributed by atoms with E-state index in [9.17, 15) is 8.78 Å². The molecule has 0 N–H and O–H groups in total. The summed E-state index contributed by atoms with van der Waals surface area (Å²) < 4.78 is 26.1. The Morgan fingerprint density at radius 1 is 1.29 bits per heavy atom. The second-order valence-electron chi connectivity index (χ2n) is 3.10. The van der Waals surface area contributed by atoms with Gasteiger partial charge in [-0.1, -0.05) is 27.7 Å². The van der Waals surface area contributed by atoms with Gasteiger partial charge in [0.25, 0.3) is 6.43 Å². The van der Waals surface area contributed by atoms with Crippen molar-refractivity contribution in [2.45, 2.75) is 40.0 Å². The van der Waals surface area contributed by atoms with E-state index >= 15 is 0 Å². The van der Waals surface area contributed by atoms with Gasteiger partial charge in [0.05, 0.1) is 0 Å². The predicted octanol–water partition coefficient (Wildman–Crippen LogP) is 3.51. The summed E-state index contributed by atoms with van der Waals surface area (Å²) in [5.41, 5.74) is 0.542. The molecule has 0 saturated heterocycles. The normalized spacial score (nSPS) is 10.4. The molecule has 0 spiro atoms. The summed E-state index contributed by atoms with van der Waals surface area (Å²) in [7, 11) is 1.65. The fourth-order valence-electron chi connectivity index (χ4n) is 1.14. The molecule has 0 aliphatic carbocycles. The number of halogens is 2. The molecule has 82 valence electrons. The van der Waals surface area contributed by atoms with Crippen LogP contribution in [0, 0.1) is 0 Å². The lowest BCUT2D eigenvalue weighted by Crippen LogP contribution is -1.94. The monoisotopic (exact) mass is 204 g/mol. The van der Waals surface area contributed by atoms with Gasteiger partial charge < -0.3 is 0 Å². The Bertz CT molecular complexity index is 242. The summed E-state index contributed by atoms with van der Waals surface area (Å²) in [6.45, 7) is 7.76. The quantitative estimate of drug-likeness (QED) is 0.720. The summed E-state index contributed by atoms with van der Waals surface area (Å²) >= 11 is 0. The molecule has 2 nitrogen and oxygen atoms in total. The van der Waals surface area contributed by atoms with Gasteiger partial charge in [0.15, 0.2) is 0 Å². The van der Waals surface area contributed by atoms with Crippen LogP contribution in [0.1, 0.15) is 51.3 Å². The molecule has 1 aromatic heterocycles. The highest BCUT2D eigenvalue weighted by atomic mass is 19.3. The van der Waals surface area contributed by atoms with Crippen molar-refractivity contribution in [2.75, 3.05) is 0 Å². The number of rotatable bonds is 2. The van der Waals surface area contributed by atoms with Crippen LogP contribution in [0.5, 0.6) is 0 Å². The number of alkyl halides is 2. The first-order valence-corrected chi connectivity index (χ1v) is 4.84. The molecule has 4 heteroatoms. The van der Waals surface area contributed by atoms with Crippen LogP contribution in [-0.4, -0.2) is 9.78 Å². The van der Waals surface area contributed by atoms with E-state index in [2.05, 4.69) is 5.10 Å². The van der Waals surface area contributed by atoms with Crippen molar-refractivity contribution in [1.82, 2.24) is 9.78 Å². The molecule has 0 saturated carbocycles. The smallest absolute Gasteiger partial charge is 0.275 e. The van der Waals surface area contributed by atoms with Gasteiger partial charge in [0, 0.05) is 18.8 Å². The third-order valence-electron chi connectivity index (χ3n) is 1.72. The Morgan fingerprint density at radius 3 is 2.07 bits per heavy atom. The molecule has 1 rings (SSSR count).